The minimum atomic E-state index is -0.928. The molecule has 0 radical (unpaired) electrons. The fraction of sp³-hybridized carbons (Fsp3) is 0.133. The summed E-state index contributed by atoms with van der Waals surface area (Å²) in [5, 5.41) is 0. The molecule has 0 bridgehead atoms. The van der Waals surface area contributed by atoms with Gasteiger partial charge in [-0.1, -0.05) is 6.07 Å². The SMILES string of the molecule is COc1cccc(OC)c1C(=O)c1ccc(F)cc1F. The van der Waals surface area contributed by atoms with Crippen LogP contribution in [0.15, 0.2) is 36.4 Å². The van der Waals surface area contributed by atoms with Gasteiger partial charge in [0.1, 0.15) is 28.7 Å². The molecule has 0 atom stereocenters. The van der Waals surface area contributed by atoms with Crippen molar-refractivity contribution in [2.24, 2.45) is 0 Å². The van der Waals surface area contributed by atoms with Gasteiger partial charge >= 0.3 is 0 Å². The van der Waals surface area contributed by atoms with Crippen molar-refractivity contribution < 1.29 is 23.0 Å². The molecule has 0 fully saturated rings. The molecule has 0 aliphatic rings. The summed E-state index contributed by atoms with van der Waals surface area (Å²) in [6.07, 6.45) is 0. The Balaban J connectivity index is 2.58. The van der Waals surface area contributed by atoms with Crippen molar-refractivity contribution in [3.05, 3.63) is 59.2 Å². The zero-order chi connectivity index (χ0) is 14.7. The average molecular weight is 278 g/mol. The van der Waals surface area contributed by atoms with Crippen molar-refractivity contribution in [1.82, 2.24) is 0 Å². The van der Waals surface area contributed by atoms with E-state index in [1.807, 2.05) is 0 Å². The molecule has 0 unspecified atom stereocenters. The maximum atomic E-state index is 13.7. The molecule has 2 aromatic carbocycles. The molecule has 5 heteroatoms. The lowest BCUT2D eigenvalue weighted by Gasteiger charge is -2.12. The first-order valence-corrected chi connectivity index (χ1v) is 5.79. The highest BCUT2D eigenvalue weighted by molar-refractivity contribution is 6.12. The molecule has 0 saturated heterocycles. The van der Waals surface area contributed by atoms with Crippen LogP contribution in [0.1, 0.15) is 15.9 Å². The van der Waals surface area contributed by atoms with E-state index in [-0.39, 0.29) is 22.6 Å². The summed E-state index contributed by atoms with van der Waals surface area (Å²) in [4.78, 5) is 12.4. The molecule has 0 saturated carbocycles. The molecular weight excluding hydrogens is 266 g/mol. The summed E-state index contributed by atoms with van der Waals surface area (Å²) in [7, 11) is 2.79. The van der Waals surface area contributed by atoms with Gasteiger partial charge in [0.25, 0.3) is 0 Å². The van der Waals surface area contributed by atoms with Crippen LogP contribution in [0.2, 0.25) is 0 Å². The first-order valence-electron chi connectivity index (χ1n) is 5.79. The molecule has 0 heterocycles. The summed E-state index contributed by atoms with van der Waals surface area (Å²) >= 11 is 0. The zero-order valence-electron chi connectivity index (χ0n) is 10.9. The average Bonchev–Trinajstić information content (AvgIpc) is 2.45. The lowest BCUT2D eigenvalue weighted by molar-refractivity contribution is 0.102. The van der Waals surface area contributed by atoms with Crippen LogP contribution >= 0.6 is 0 Å². The Kier molecular flexibility index (Phi) is 3.98. The topological polar surface area (TPSA) is 35.5 Å². The normalized spacial score (nSPS) is 10.2. The maximum Gasteiger partial charge on any atom is 0.203 e. The molecule has 0 aromatic heterocycles. The number of benzene rings is 2. The molecule has 0 aliphatic heterocycles. The summed E-state index contributed by atoms with van der Waals surface area (Å²) in [6.45, 7) is 0. The number of carbonyl (C=O) groups excluding carboxylic acids is 1. The highest BCUT2D eigenvalue weighted by atomic mass is 19.1. The highest BCUT2D eigenvalue weighted by Crippen LogP contribution is 2.31. The summed E-state index contributed by atoms with van der Waals surface area (Å²) in [5.41, 5.74) is -0.141. The third-order valence-corrected chi connectivity index (χ3v) is 2.83. The van der Waals surface area contributed by atoms with Crippen molar-refractivity contribution in [3.63, 3.8) is 0 Å². The van der Waals surface area contributed by atoms with Gasteiger partial charge in [0.2, 0.25) is 5.78 Å². The lowest BCUT2D eigenvalue weighted by atomic mass is 10.0. The standard InChI is InChI=1S/C15H12F2O3/c1-19-12-4-3-5-13(20-2)14(12)15(18)10-7-6-9(16)8-11(10)17/h3-8H,1-2H3. The van der Waals surface area contributed by atoms with Crippen molar-refractivity contribution in [1.29, 1.82) is 0 Å². The Labute approximate surface area is 114 Å². The first kappa shape index (κ1) is 14.0. The Morgan fingerprint density at radius 2 is 1.60 bits per heavy atom. The van der Waals surface area contributed by atoms with E-state index in [1.54, 1.807) is 18.2 Å². The van der Waals surface area contributed by atoms with E-state index in [0.717, 1.165) is 12.1 Å². The highest BCUT2D eigenvalue weighted by Gasteiger charge is 2.22. The Morgan fingerprint density at radius 3 is 2.10 bits per heavy atom. The first-order chi connectivity index (χ1) is 9.58. The van der Waals surface area contributed by atoms with Gasteiger partial charge in [0.05, 0.1) is 19.8 Å². The van der Waals surface area contributed by atoms with Crippen molar-refractivity contribution in [3.8, 4) is 11.5 Å². The Hall–Kier alpha value is -2.43. The molecule has 0 N–H and O–H groups in total. The molecule has 3 nitrogen and oxygen atoms in total. The van der Waals surface area contributed by atoms with Crippen molar-refractivity contribution in [2.75, 3.05) is 14.2 Å². The fourth-order valence-electron chi connectivity index (χ4n) is 1.88. The minimum absolute atomic E-state index is 0.100. The van der Waals surface area contributed by atoms with Crippen molar-refractivity contribution in [2.45, 2.75) is 0 Å². The third-order valence-electron chi connectivity index (χ3n) is 2.83. The monoisotopic (exact) mass is 278 g/mol. The second-order valence-corrected chi connectivity index (χ2v) is 3.99. The van der Waals surface area contributed by atoms with Crippen LogP contribution in [-0.2, 0) is 0 Å². The number of hydrogen-bond acceptors (Lipinski definition) is 3. The molecule has 0 amide bonds. The fourth-order valence-corrected chi connectivity index (χ4v) is 1.88. The van der Waals surface area contributed by atoms with E-state index in [2.05, 4.69) is 0 Å². The van der Waals surface area contributed by atoms with Crippen LogP contribution in [-0.4, -0.2) is 20.0 Å². The summed E-state index contributed by atoms with van der Waals surface area (Å²) in [5.74, 6) is -1.78. The van der Waals surface area contributed by atoms with Crippen LogP contribution in [0, 0.1) is 11.6 Å². The number of carbonyl (C=O) groups is 1. The van der Waals surface area contributed by atoms with Crippen LogP contribution in [0.4, 0.5) is 8.78 Å². The molecule has 0 aliphatic carbocycles. The molecule has 0 spiro atoms. The van der Waals surface area contributed by atoms with Crippen LogP contribution in [0.3, 0.4) is 0 Å². The largest absolute Gasteiger partial charge is 0.496 e. The maximum absolute atomic E-state index is 13.7. The van der Waals surface area contributed by atoms with Crippen LogP contribution in [0.5, 0.6) is 11.5 Å². The number of hydrogen-bond donors (Lipinski definition) is 0. The number of ketones is 1. The summed E-state index contributed by atoms with van der Waals surface area (Å²) < 4.78 is 36.8. The van der Waals surface area contributed by atoms with Gasteiger partial charge in [-0.3, -0.25) is 4.79 Å². The van der Waals surface area contributed by atoms with Gasteiger partial charge in [-0.05, 0) is 24.3 Å². The second kappa shape index (κ2) is 5.69. The van der Waals surface area contributed by atoms with Gasteiger partial charge in [-0.25, -0.2) is 8.78 Å². The number of ether oxygens (including phenoxy) is 2. The van der Waals surface area contributed by atoms with E-state index in [9.17, 15) is 13.6 Å². The molecule has 2 rings (SSSR count). The van der Waals surface area contributed by atoms with Crippen molar-refractivity contribution >= 4 is 5.78 Å². The van der Waals surface area contributed by atoms with Gasteiger partial charge in [0, 0.05) is 6.07 Å². The predicted octanol–water partition coefficient (Wildman–Crippen LogP) is 3.21. The van der Waals surface area contributed by atoms with Gasteiger partial charge in [-0.15, -0.1) is 0 Å². The van der Waals surface area contributed by atoms with Gasteiger partial charge in [0.15, 0.2) is 0 Å². The molecular formula is C15H12F2O3. The molecule has 104 valence electrons. The zero-order valence-corrected chi connectivity index (χ0v) is 10.9. The predicted molar refractivity (Wildman–Crippen MR) is 69.3 cm³/mol. The number of halogens is 2. The minimum Gasteiger partial charge on any atom is -0.496 e. The Morgan fingerprint density at radius 1 is 1.00 bits per heavy atom. The van der Waals surface area contributed by atoms with E-state index >= 15 is 0 Å². The Bertz CT molecular complexity index is 631. The quantitative estimate of drug-likeness (QED) is 0.806. The van der Waals surface area contributed by atoms with Crippen LogP contribution in [0.25, 0.3) is 0 Å². The smallest absolute Gasteiger partial charge is 0.203 e. The van der Waals surface area contributed by atoms with E-state index < -0.39 is 17.4 Å². The molecule has 20 heavy (non-hydrogen) atoms. The lowest BCUT2D eigenvalue weighted by Crippen LogP contribution is -2.08. The van der Waals surface area contributed by atoms with Gasteiger partial charge in [-0.2, -0.15) is 0 Å². The van der Waals surface area contributed by atoms with Gasteiger partial charge < -0.3 is 9.47 Å². The van der Waals surface area contributed by atoms with E-state index in [1.165, 1.54) is 14.2 Å². The second-order valence-electron chi connectivity index (χ2n) is 3.99. The summed E-state index contributed by atoms with van der Waals surface area (Å²) in [6, 6.07) is 7.57. The number of methoxy groups -OCH3 is 2. The molecule has 2 aromatic rings. The van der Waals surface area contributed by atoms with E-state index in [0.29, 0.717) is 6.07 Å². The third kappa shape index (κ3) is 2.47. The van der Waals surface area contributed by atoms with E-state index in [4.69, 9.17) is 9.47 Å². The number of rotatable bonds is 4. The van der Waals surface area contributed by atoms with Crippen LogP contribution < -0.4 is 9.47 Å².